The topological polar surface area (TPSA) is 221 Å². The van der Waals surface area contributed by atoms with Crippen molar-refractivity contribution in [1.29, 1.82) is 0 Å². The summed E-state index contributed by atoms with van der Waals surface area (Å²) >= 11 is 0. The van der Waals surface area contributed by atoms with E-state index in [0.717, 1.165) is 12.2 Å². The van der Waals surface area contributed by atoms with Crippen molar-refractivity contribution in [1.82, 2.24) is 0 Å². The molecule has 2 saturated heterocycles. The highest BCUT2D eigenvalue weighted by atomic mass is 16.7. The Morgan fingerprint density at radius 1 is 0.449 bits per heavy atom. The minimum Gasteiger partial charge on any atom is -0.463 e. The van der Waals surface area contributed by atoms with Crippen LogP contribution in [-0.4, -0.2) is 106 Å². The van der Waals surface area contributed by atoms with Gasteiger partial charge in [0.25, 0.3) is 0 Å². The number of esters is 5. The van der Waals surface area contributed by atoms with E-state index >= 15 is 0 Å². The summed E-state index contributed by atoms with van der Waals surface area (Å²) < 4.78 is 59.2. The van der Waals surface area contributed by atoms with Crippen LogP contribution >= 0.6 is 0 Å². The summed E-state index contributed by atoms with van der Waals surface area (Å²) in [6.45, 7) is 7.19. The SMILES string of the molecule is C=CC(=O)OCCCCOC(=O)Oc1ccc2cc(C(=O)Oc3ccc(C(=O)O[C@@H]4COC5C4OC[C@H]5OC(=O)c4ccc5cc(OC(=O)OCCCCOC(=O)C=C)ccc5c4)cc3)ccc2c1. The lowest BCUT2D eigenvalue weighted by atomic mass is 10.1. The number of benzene rings is 5. The molecule has 5 aromatic rings. The molecule has 2 unspecified atom stereocenters. The van der Waals surface area contributed by atoms with E-state index in [-0.39, 0.29) is 73.6 Å². The van der Waals surface area contributed by atoms with Crippen LogP contribution in [0.25, 0.3) is 21.5 Å². The molecule has 5 aromatic carbocycles. The molecule has 0 N–H and O–H groups in total. The molecule has 2 aliphatic heterocycles. The van der Waals surface area contributed by atoms with Crippen LogP contribution in [-0.2, 0) is 47.5 Å². The Labute approximate surface area is 394 Å². The predicted octanol–water partition coefficient (Wildman–Crippen LogP) is 7.81. The largest absolute Gasteiger partial charge is 0.513 e. The average Bonchev–Trinajstić information content (AvgIpc) is 3.95. The van der Waals surface area contributed by atoms with Crippen molar-refractivity contribution in [2.24, 2.45) is 0 Å². The molecule has 2 fully saturated rings. The Morgan fingerprint density at radius 2 is 0.826 bits per heavy atom. The zero-order valence-electron chi connectivity index (χ0n) is 37.0. The fourth-order valence-electron chi connectivity index (χ4n) is 7.13. The molecule has 0 amide bonds. The third-order valence-corrected chi connectivity index (χ3v) is 10.6. The molecule has 4 atom stereocenters. The molecule has 0 spiro atoms. The fourth-order valence-corrected chi connectivity index (χ4v) is 7.13. The number of hydrogen-bond acceptors (Lipinski definition) is 18. The minimum absolute atomic E-state index is 0.0117. The van der Waals surface area contributed by atoms with Crippen LogP contribution in [0.2, 0.25) is 0 Å². The molecule has 2 heterocycles. The zero-order chi connectivity index (χ0) is 48.7. The molecule has 69 heavy (non-hydrogen) atoms. The zero-order valence-corrected chi connectivity index (χ0v) is 37.0. The molecule has 0 saturated carbocycles. The number of fused-ring (bicyclic) bond motifs is 3. The first-order chi connectivity index (χ1) is 33.5. The van der Waals surface area contributed by atoms with Gasteiger partial charge < -0.3 is 52.1 Å². The fraction of sp³-hybridized carbons (Fsp3) is 0.275. The van der Waals surface area contributed by atoms with Gasteiger partial charge in [-0.15, -0.1) is 0 Å². The lowest BCUT2D eigenvalue weighted by Crippen LogP contribution is -2.36. The Kier molecular flexibility index (Phi) is 16.7. The number of carbonyl (C=O) groups is 7. The third kappa shape index (κ3) is 13.5. The molecular weight excluding hydrogens is 901 g/mol. The van der Waals surface area contributed by atoms with Gasteiger partial charge in [0.05, 0.1) is 56.3 Å². The van der Waals surface area contributed by atoms with Gasteiger partial charge in [0, 0.05) is 12.2 Å². The van der Waals surface area contributed by atoms with E-state index in [1.165, 1.54) is 24.3 Å². The minimum atomic E-state index is -0.888. The van der Waals surface area contributed by atoms with Crippen LogP contribution in [0.4, 0.5) is 9.59 Å². The Hall–Kier alpha value is -8.09. The van der Waals surface area contributed by atoms with E-state index in [9.17, 15) is 33.6 Å². The lowest BCUT2D eigenvalue weighted by molar-refractivity contribution is -0.138. The van der Waals surface area contributed by atoms with E-state index in [1.807, 2.05) is 0 Å². The number of rotatable bonds is 20. The summed E-state index contributed by atoms with van der Waals surface area (Å²) in [5, 5.41) is 2.74. The van der Waals surface area contributed by atoms with Crippen molar-refractivity contribution in [2.75, 3.05) is 39.6 Å². The number of hydrogen-bond donors (Lipinski definition) is 0. The maximum absolute atomic E-state index is 13.2. The number of unbranched alkanes of at least 4 members (excludes halogenated alkanes) is 2. The number of ether oxygens (including phenoxy) is 11. The third-order valence-electron chi connectivity index (χ3n) is 10.6. The van der Waals surface area contributed by atoms with Crippen LogP contribution in [0.15, 0.2) is 122 Å². The molecule has 18 nitrogen and oxygen atoms in total. The first kappa shape index (κ1) is 48.8. The second kappa shape index (κ2) is 23.6. The van der Waals surface area contributed by atoms with Crippen molar-refractivity contribution in [2.45, 2.75) is 50.1 Å². The molecule has 2 aliphatic rings. The van der Waals surface area contributed by atoms with E-state index in [4.69, 9.17) is 52.1 Å². The second-order valence-electron chi connectivity index (χ2n) is 15.4. The molecule has 0 radical (unpaired) electrons. The molecule has 0 aromatic heterocycles. The normalized spacial score (nSPS) is 16.9. The smallest absolute Gasteiger partial charge is 0.463 e. The molecule has 358 valence electrons. The summed E-state index contributed by atoms with van der Waals surface area (Å²) in [5.41, 5.74) is 0.709. The molecule has 0 aliphatic carbocycles. The molecule has 0 bridgehead atoms. The van der Waals surface area contributed by atoms with Crippen molar-refractivity contribution in [3.05, 3.63) is 139 Å². The number of carbonyl (C=O) groups excluding carboxylic acids is 7. The lowest BCUT2D eigenvalue weighted by Gasteiger charge is -2.17. The van der Waals surface area contributed by atoms with E-state index < -0.39 is 66.6 Å². The molecular formula is C51H46O18. The second-order valence-corrected chi connectivity index (χ2v) is 15.4. The van der Waals surface area contributed by atoms with Gasteiger partial charge in [0.1, 0.15) is 29.5 Å². The van der Waals surface area contributed by atoms with Crippen LogP contribution in [0.5, 0.6) is 17.2 Å². The van der Waals surface area contributed by atoms with Crippen LogP contribution < -0.4 is 14.2 Å². The highest BCUT2D eigenvalue weighted by molar-refractivity contribution is 5.98. The maximum Gasteiger partial charge on any atom is 0.513 e. The summed E-state index contributed by atoms with van der Waals surface area (Å²) in [7, 11) is 0. The monoisotopic (exact) mass is 946 g/mol. The Bertz CT molecular complexity index is 2730. The van der Waals surface area contributed by atoms with Gasteiger partial charge >= 0.3 is 42.2 Å². The summed E-state index contributed by atoms with van der Waals surface area (Å²) in [6, 6.07) is 25.3. The summed E-state index contributed by atoms with van der Waals surface area (Å²) in [5.74, 6) is -2.29. The average molecular weight is 947 g/mol. The van der Waals surface area contributed by atoms with Gasteiger partial charge in [0.2, 0.25) is 0 Å². The highest BCUT2D eigenvalue weighted by Gasteiger charge is 2.51. The van der Waals surface area contributed by atoms with Gasteiger partial charge in [-0.05, 0) is 120 Å². The quantitative estimate of drug-likeness (QED) is 0.0181. The van der Waals surface area contributed by atoms with Gasteiger partial charge in [-0.25, -0.2) is 33.6 Å². The van der Waals surface area contributed by atoms with E-state index in [1.54, 1.807) is 72.8 Å². The van der Waals surface area contributed by atoms with Gasteiger partial charge in [-0.1, -0.05) is 37.4 Å². The predicted molar refractivity (Wildman–Crippen MR) is 242 cm³/mol. The van der Waals surface area contributed by atoms with Crippen molar-refractivity contribution in [3.8, 4) is 17.2 Å². The Balaban J connectivity index is 0.829. The first-order valence-electron chi connectivity index (χ1n) is 21.8. The van der Waals surface area contributed by atoms with Crippen LogP contribution in [0.3, 0.4) is 0 Å². The summed E-state index contributed by atoms with van der Waals surface area (Å²) in [6.07, 6.45) is -0.608. The van der Waals surface area contributed by atoms with Crippen molar-refractivity contribution < 1.29 is 85.7 Å². The van der Waals surface area contributed by atoms with E-state index in [0.29, 0.717) is 47.2 Å². The molecule has 7 rings (SSSR count). The van der Waals surface area contributed by atoms with Crippen molar-refractivity contribution in [3.63, 3.8) is 0 Å². The highest BCUT2D eigenvalue weighted by Crippen LogP contribution is 2.32. The first-order valence-corrected chi connectivity index (χ1v) is 21.8. The maximum atomic E-state index is 13.2. The van der Waals surface area contributed by atoms with Gasteiger partial charge in [0.15, 0.2) is 12.2 Å². The van der Waals surface area contributed by atoms with Crippen molar-refractivity contribution >= 4 is 63.7 Å². The standard InChI is InChI=1S/C51H46O18/c1-3-43(52)59-21-5-7-23-61-50(57)66-39-19-15-32-25-36(11-9-34(32)27-39)48(55)65-38-17-13-31(14-18-38)47(54)68-41-29-63-46-42(30-64-45(41)46)69-49(56)37-12-10-35-28-40(20-16-33(35)26-37)67-51(58)62-24-8-6-22-60-44(53)4-2/h3-4,9-20,25-28,41-42,45-46H,1-2,5-8,21-24,29-30H2/t41-,42-,45?,46?/m1/s1. The Morgan fingerprint density at radius 3 is 1.29 bits per heavy atom. The van der Waals surface area contributed by atoms with Gasteiger partial charge in [-0.3, -0.25) is 0 Å². The van der Waals surface area contributed by atoms with Crippen LogP contribution in [0.1, 0.15) is 56.8 Å². The molecule has 18 heteroatoms. The van der Waals surface area contributed by atoms with Crippen LogP contribution in [0, 0.1) is 0 Å². The van der Waals surface area contributed by atoms with Gasteiger partial charge in [-0.2, -0.15) is 0 Å². The van der Waals surface area contributed by atoms with E-state index in [2.05, 4.69) is 13.2 Å². The summed E-state index contributed by atoms with van der Waals surface area (Å²) in [4.78, 5) is 85.9.